The summed E-state index contributed by atoms with van der Waals surface area (Å²) in [6.45, 7) is 2.73. The van der Waals surface area contributed by atoms with Crippen LogP contribution >= 0.6 is 11.3 Å². The lowest BCUT2D eigenvalue weighted by molar-refractivity contribution is -0.0673. The summed E-state index contributed by atoms with van der Waals surface area (Å²) in [6.07, 6.45) is -5.01. The van der Waals surface area contributed by atoms with Crippen LogP contribution in [-0.2, 0) is 14.2 Å². The van der Waals surface area contributed by atoms with E-state index >= 15 is 0 Å². The average Bonchev–Trinajstić information content (AvgIpc) is 3.03. The van der Waals surface area contributed by atoms with Crippen LogP contribution < -0.4 is 10.6 Å². The van der Waals surface area contributed by atoms with Crippen LogP contribution in [0.1, 0.15) is 20.1 Å². The molecule has 0 spiro atoms. The van der Waals surface area contributed by atoms with Gasteiger partial charge in [-0.05, 0) is 13.8 Å². The van der Waals surface area contributed by atoms with E-state index in [-0.39, 0.29) is 11.6 Å². The second-order valence-electron chi connectivity index (χ2n) is 5.89. The molecule has 0 amide bonds. The summed E-state index contributed by atoms with van der Waals surface area (Å²) in [5.74, 6) is -0.0574. The summed E-state index contributed by atoms with van der Waals surface area (Å²) < 4.78 is 17.2. The molecule has 2 aromatic heterocycles. The number of nitrogen functional groups attached to an aromatic ring is 1. The van der Waals surface area contributed by atoms with Gasteiger partial charge in [0.1, 0.15) is 12.2 Å². The van der Waals surface area contributed by atoms with E-state index in [4.69, 9.17) is 19.9 Å². The van der Waals surface area contributed by atoms with Crippen LogP contribution in [0.5, 0.6) is 0 Å². The molecule has 0 saturated carbocycles. The Balaban J connectivity index is 2.01. The topological polar surface area (TPSA) is 159 Å². The average molecular weight is 386 g/mol. The molecule has 1 aliphatic rings. The lowest BCUT2D eigenvalue weighted by atomic mass is 10.1. The standard InChI is InChI=1S/C14H18N4O7S/c1-5(2)23-14(22)25-9-8(20)6(4-19)24-11(9)18-10-7(26-13(18)21)3-16-12(15)17-10/h3,5-6,8-9,11,19-20H,4H2,1-2H3,(H2,15,16,17)/t6-,8+,9-,11-/m1/s1. The molecule has 0 aromatic carbocycles. The molecule has 0 bridgehead atoms. The summed E-state index contributed by atoms with van der Waals surface area (Å²) in [5.41, 5.74) is 5.76. The van der Waals surface area contributed by atoms with Crippen LogP contribution in [0.4, 0.5) is 10.7 Å². The fraction of sp³-hybridized carbons (Fsp3) is 0.571. The number of nitrogens with zero attached hydrogens (tertiary/aromatic N) is 3. The lowest BCUT2D eigenvalue weighted by Gasteiger charge is -2.21. The van der Waals surface area contributed by atoms with Crippen LogP contribution in [0.3, 0.4) is 0 Å². The van der Waals surface area contributed by atoms with Crippen molar-refractivity contribution in [3.8, 4) is 0 Å². The number of fused-ring (bicyclic) bond motifs is 1. The zero-order valence-electron chi connectivity index (χ0n) is 13.9. The van der Waals surface area contributed by atoms with E-state index in [2.05, 4.69) is 9.97 Å². The first-order valence-corrected chi connectivity index (χ1v) is 8.58. The number of thiazole rings is 1. The highest BCUT2D eigenvalue weighted by atomic mass is 32.1. The lowest BCUT2D eigenvalue weighted by Crippen LogP contribution is -2.38. The molecule has 1 saturated heterocycles. The van der Waals surface area contributed by atoms with Gasteiger partial charge in [-0.1, -0.05) is 11.3 Å². The second-order valence-corrected chi connectivity index (χ2v) is 6.88. The summed E-state index contributed by atoms with van der Waals surface area (Å²) in [4.78, 5) is 31.7. The van der Waals surface area contributed by atoms with Crippen molar-refractivity contribution in [2.45, 2.75) is 44.5 Å². The first-order valence-electron chi connectivity index (χ1n) is 7.77. The number of ether oxygens (including phenoxy) is 3. The molecule has 1 fully saturated rings. The number of aliphatic hydroxyl groups is 2. The number of anilines is 1. The molecule has 2 aromatic rings. The van der Waals surface area contributed by atoms with E-state index in [1.165, 1.54) is 6.20 Å². The smallest absolute Gasteiger partial charge is 0.432 e. The number of rotatable bonds is 4. The molecule has 11 nitrogen and oxygen atoms in total. The van der Waals surface area contributed by atoms with Crippen molar-refractivity contribution in [3.05, 3.63) is 15.9 Å². The van der Waals surface area contributed by atoms with Crippen molar-refractivity contribution in [2.24, 2.45) is 0 Å². The third-order valence-electron chi connectivity index (χ3n) is 3.69. The van der Waals surface area contributed by atoms with Crippen LogP contribution in [0.2, 0.25) is 0 Å². The number of hydrogen-bond acceptors (Lipinski definition) is 11. The van der Waals surface area contributed by atoms with Gasteiger partial charge < -0.3 is 30.2 Å². The first kappa shape index (κ1) is 18.5. The first-order chi connectivity index (χ1) is 12.3. The predicted octanol–water partition coefficient (Wildman–Crippen LogP) is -0.384. The van der Waals surface area contributed by atoms with Gasteiger partial charge in [0.15, 0.2) is 18.0 Å². The molecule has 4 atom stereocenters. The monoisotopic (exact) mass is 386 g/mol. The maximum Gasteiger partial charge on any atom is 0.509 e. The van der Waals surface area contributed by atoms with Gasteiger partial charge >= 0.3 is 11.0 Å². The van der Waals surface area contributed by atoms with Gasteiger partial charge in [-0.2, -0.15) is 4.98 Å². The number of carbonyl (C=O) groups excluding carboxylic acids is 1. The third-order valence-corrected chi connectivity index (χ3v) is 4.57. The van der Waals surface area contributed by atoms with Gasteiger partial charge in [0.2, 0.25) is 5.95 Å². The number of carbonyl (C=O) groups is 1. The number of aromatic nitrogens is 3. The molecule has 3 heterocycles. The minimum absolute atomic E-state index is 0.0574. The van der Waals surface area contributed by atoms with E-state index in [0.29, 0.717) is 4.70 Å². The van der Waals surface area contributed by atoms with Gasteiger partial charge in [-0.3, -0.25) is 9.36 Å². The van der Waals surface area contributed by atoms with Gasteiger partial charge in [0.25, 0.3) is 0 Å². The predicted molar refractivity (Wildman–Crippen MR) is 89.6 cm³/mol. The minimum Gasteiger partial charge on any atom is -0.432 e. The van der Waals surface area contributed by atoms with Gasteiger partial charge in [-0.25, -0.2) is 9.78 Å². The molecule has 0 unspecified atom stereocenters. The quantitative estimate of drug-likeness (QED) is 0.591. The summed E-state index contributed by atoms with van der Waals surface area (Å²) in [6, 6.07) is 0. The van der Waals surface area contributed by atoms with Crippen LogP contribution in [-0.4, -0.2) is 61.9 Å². The second kappa shape index (κ2) is 7.15. The Kier molecular flexibility index (Phi) is 5.09. The Bertz CT molecular complexity index is 867. The molecule has 12 heteroatoms. The van der Waals surface area contributed by atoms with E-state index in [9.17, 15) is 19.8 Å². The van der Waals surface area contributed by atoms with Gasteiger partial charge in [0, 0.05) is 0 Å². The van der Waals surface area contributed by atoms with Crippen molar-refractivity contribution in [1.82, 2.24) is 14.5 Å². The van der Waals surface area contributed by atoms with Crippen molar-refractivity contribution in [1.29, 1.82) is 0 Å². The Morgan fingerprint density at radius 1 is 1.54 bits per heavy atom. The Morgan fingerprint density at radius 2 is 2.27 bits per heavy atom. The number of nitrogens with two attached hydrogens (primary N) is 1. The van der Waals surface area contributed by atoms with Gasteiger partial charge in [-0.15, -0.1) is 0 Å². The fourth-order valence-corrected chi connectivity index (χ4v) is 3.43. The van der Waals surface area contributed by atoms with Crippen molar-refractivity contribution < 1.29 is 29.2 Å². The van der Waals surface area contributed by atoms with Crippen LogP contribution in [0.25, 0.3) is 10.3 Å². The molecule has 4 N–H and O–H groups in total. The van der Waals surface area contributed by atoms with Crippen LogP contribution in [0, 0.1) is 0 Å². The highest BCUT2D eigenvalue weighted by molar-refractivity contribution is 7.16. The maximum absolute atomic E-state index is 12.4. The summed E-state index contributed by atoms with van der Waals surface area (Å²) in [7, 11) is 0. The maximum atomic E-state index is 12.4. The Hall–Kier alpha value is -2.28. The molecule has 0 radical (unpaired) electrons. The summed E-state index contributed by atoms with van der Waals surface area (Å²) >= 11 is 0.847. The molecular weight excluding hydrogens is 368 g/mol. The Morgan fingerprint density at radius 3 is 2.92 bits per heavy atom. The van der Waals surface area contributed by atoms with E-state index in [0.717, 1.165) is 15.9 Å². The number of aliphatic hydroxyl groups excluding tert-OH is 2. The highest BCUT2D eigenvalue weighted by Crippen LogP contribution is 2.33. The third kappa shape index (κ3) is 3.35. The number of hydrogen-bond donors (Lipinski definition) is 3. The molecular formula is C14H18N4O7S. The molecule has 142 valence electrons. The summed E-state index contributed by atoms with van der Waals surface area (Å²) in [5, 5.41) is 19.7. The fourth-order valence-electron chi connectivity index (χ4n) is 2.61. The van der Waals surface area contributed by atoms with Gasteiger partial charge in [0.05, 0.1) is 23.6 Å². The molecule has 1 aliphatic heterocycles. The highest BCUT2D eigenvalue weighted by Gasteiger charge is 2.48. The van der Waals surface area contributed by atoms with Crippen molar-refractivity contribution in [2.75, 3.05) is 12.3 Å². The van der Waals surface area contributed by atoms with Crippen molar-refractivity contribution in [3.63, 3.8) is 0 Å². The SMILES string of the molecule is CC(C)OC(=O)O[C@@H]1[C@@H](O)[C@@H](CO)O[C@H]1n1c(=O)sc2cnc(N)nc21. The molecule has 0 aliphatic carbocycles. The van der Waals surface area contributed by atoms with E-state index < -0.39 is 48.3 Å². The molecule has 26 heavy (non-hydrogen) atoms. The van der Waals surface area contributed by atoms with Crippen LogP contribution in [0.15, 0.2) is 11.0 Å². The largest absolute Gasteiger partial charge is 0.509 e. The van der Waals surface area contributed by atoms with Crippen molar-refractivity contribution >= 4 is 33.8 Å². The Labute approximate surface area is 150 Å². The molecule has 3 rings (SSSR count). The van der Waals surface area contributed by atoms with E-state index in [1.807, 2.05) is 0 Å². The zero-order valence-corrected chi connectivity index (χ0v) is 14.8. The van der Waals surface area contributed by atoms with E-state index in [1.54, 1.807) is 13.8 Å². The zero-order chi connectivity index (χ0) is 19.0. The normalized spacial score (nSPS) is 25.7. The minimum atomic E-state index is -1.37.